The first-order valence-electron chi connectivity index (χ1n) is 9.52. The molecule has 2 aromatic heterocycles. The number of hydrogen-bond acceptors (Lipinski definition) is 6. The van der Waals surface area contributed by atoms with Gasteiger partial charge in [-0.2, -0.15) is 4.52 Å². The molecule has 0 bridgehead atoms. The maximum Gasteiger partial charge on any atom is 0.309 e. The van der Waals surface area contributed by atoms with Crippen LogP contribution in [0.25, 0.3) is 4.96 Å². The number of esters is 1. The Morgan fingerprint density at radius 2 is 2.11 bits per heavy atom. The molecular formula is C20H25N4O3S+. The molecule has 3 aromatic rings. The lowest BCUT2D eigenvalue weighted by molar-refractivity contribution is -0.930. The monoisotopic (exact) mass is 401 g/mol. The van der Waals surface area contributed by atoms with Gasteiger partial charge in [0.15, 0.2) is 6.04 Å². The minimum absolute atomic E-state index is 0.0210. The van der Waals surface area contributed by atoms with E-state index in [-0.39, 0.29) is 23.8 Å². The van der Waals surface area contributed by atoms with Gasteiger partial charge in [0.2, 0.25) is 10.8 Å². The molecule has 8 heteroatoms. The lowest BCUT2D eigenvalue weighted by atomic mass is 9.93. The van der Waals surface area contributed by atoms with E-state index in [1.54, 1.807) is 0 Å². The summed E-state index contributed by atoms with van der Waals surface area (Å²) in [7, 11) is 1.45. The van der Waals surface area contributed by atoms with Crippen molar-refractivity contribution in [3.63, 3.8) is 0 Å². The van der Waals surface area contributed by atoms with Gasteiger partial charge in [0.25, 0.3) is 0 Å². The lowest BCUT2D eigenvalue weighted by Crippen LogP contribution is -3.13. The molecule has 1 atom stereocenters. The third kappa shape index (κ3) is 3.38. The summed E-state index contributed by atoms with van der Waals surface area (Å²) in [6.07, 6.45) is 1.57. The maximum absolute atomic E-state index is 11.9. The van der Waals surface area contributed by atoms with Crippen LogP contribution < -0.4 is 4.90 Å². The summed E-state index contributed by atoms with van der Waals surface area (Å²) in [6.45, 7) is 5.57. The second kappa shape index (κ2) is 7.52. The van der Waals surface area contributed by atoms with Crippen molar-refractivity contribution in [1.82, 2.24) is 14.6 Å². The Labute approximate surface area is 167 Å². The Hall–Kier alpha value is -2.45. The van der Waals surface area contributed by atoms with E-state index in [1.165, 1.54) is 33.4 Å². The van der Waals surface area contributed by atoms with E-state index in [0.717, 1.165) is 36.4 Å². The van der Waals surface area contributed by atoms with Gasteiger partial charge in [-0.1, -0.05) is 35.1 Å². The van der Waals surface area contributed by atoms with Gasteiger partial charge in [-0.15, -0.1) is 5.10 Å². The van der Waals surface area contributed by atoms with Crippen LogP contribution in [0.2, 0.25) is 0 Å². The van der Waals surface area contributed by atoms with Crippen LogP contribution in [0.5, 0.6) is 5.88 Å². The lowest BCUT2D eigenvalue weighted by Gasteiger charge is -2.33. The van der Waals surface area contributed by atoms with Gasteiger partial charge in [-0.05, 0) is 19.9 Å². The number of fused-ring (bicyclic) bond motifs is 1. The average molecular weight is 402 g/mol. The molecule has 0 amide bonds. The van der Waals surface area contributed by atoms with E-state index < -0.39 is 0 Å². The third-order valence-electron chi connectivity index (χ3n) is 5.51. The Balaban J connectivity index is 1.71. The molecule has 7 nitrogen and oxygen atoms in total. The summed E-state index contributed by atoms with van der Waals surface area (Å²) in [5.74, 6) is 0.648. The maximum atomic E-state index is 11.9. The highest BCUT2D eigenvalue weighted by atomic mass is 32.1. The molecule has 1 fully saturated rings. The number of aromatic hydroxyl groups is 1. The molecule has 0 saturated carbocycles. The SMILES string of the molecule is COC(=O)C1CC[NH+]([C@H](c2cccc(C)c2)c2sc3nc(C)nn3c2O)CC1. The van der Waals surface area contributed by atoms with Gasteiger partial charge in [0.1, 0.15) is 10.7 Å². The molecule has 4 rings (SSSR count). The van der Waals surface area contributed by atoms with E-state index >= 15 is 0 Å². The number of nitrogens with zero attached hydrogens (tertiary/aromatic N) is 3. The van der Waals surface area contributed by atoms with E-state index in [4.69, 9.17) is 4.74 Å². The van der Waals surface area contributed by atoms with Crippen LogP contribution in [0.3, 0.4) is 0 Å². The van der Waals surface area contributed by atoms with Crippen molar-refractivity contribution < 1.29 is 19.5 Å². The van der Waals surface area contributed by atoms with Crippen LogP contribution in [0, 0.1) is 19.8 Å². The highest BCUT2D eigenvalue weighted by Crippen LogP contribution is 2.35. The number of aryl methyl sites for hydroxylation is 2. The normalized spacial score (nSPS) is 21.0. The van der Waals surface area contributed by atoms with Gasteiger partial charge >= 0.3 is 5.97 Å². The van der Waals surface area contributed by atoms with Gasteiger partial charge in [-0.3, -0.25) is 4.79 Å². The quantitative estimate of drug-likeness (QED) is 0.650. The van der Waals surface area contributed by atoms with Crippen LogP contribution in [0.1, 0.15) is 40.7 Å². The summed E-state index contributed by atoms with van der Waals surface area (Å²) < 4.78 is 6.45. The van der Waals surface area contributed by atoms with Gasteiger partial charge in [-0.25, -0.2) is 4.98 Å². The average Bonchev–Trinajstić information content (AvgIpc) is 3.19. The Kier molecular flexibility index (Phi) is 5.07. The van der Waals surface area contributed by atoms with Crippen LogP contribution in [-0.2, 0) is 9.53 Å². The molecule has 1 aromatic carbocycles. The van der Waals surface area contributed by atoms with Crippen molar-refractivity contribution in [2.24, 2.45) is 5.92 Å². The van der Waals surface area contributed by atoms with Crippen molar-refractivity contribution in [3.05, 3.63) is 46.1 Å². The highest BCUT2D eigenvalue weighted by Gasteiger charge is 2.37. The molecule has 3 heterocycles. The van der Waals surface area contributed by atoms with E-state index in [1.807, 2.05) is 6.92 Å². The summed E-state index contributed by atoms with van der Waals surface area (Å²) >= 11 is 1.49. The molecule has 0 aliphatic carbocycles. The standard InChI is InChI=1S/C20H24N4O3S/c1-12-5-4-6-15(11-12)16(23-9-7-14(8-10-23)19(26)27-3)17-18(25)24-20(28-17)21-13(2)22-24/h4-6,11,14,16,25H,7-10H2,1-3H3/p+1/t16-/m1/s1. The number of carbonyl (C=O) groups excluding carboxylic acids is 1. The largest absolute Gasteiger partial charge is 0.492 e. The molecule has 148 valence electrons. The number of hydrogen-bond donors (Lipinski definition) is 2. The predicted molar refractivity (Wildman–Crippen MR) is 106 cm³/mol. The number of ether oxygens (including phenoxy) is 1. The number of methoxy groups -OCH3 is 1. The minimum atomic E-state index is -0.122. The Morgan fingerprint density at radius 3 is 2.75 bits per heavy atom. The minimum Gasteiger partial charge on any atom is -0.492 e. The number of rotatable bonds is 4. The van der Waals surface area contributed by atoms with Crippen LogP contribution >= 0.6 is 11.3 Å². The van der Waals surface area contributed by atoms with Crippen molar-refractivity contribution in [3.8, 4) is 5.88 Å². The first kappa shape index (κ1) is 18.9. The van der Waals surface area contributed by atoms with E-state index in [9.17, 15) is 9.90 Å². The highest BCUT2D eigenvalue weighted by molar-refractivity contribution is 7.17. The molecule has 0 spiro atoms. The number of aromatic nitrogens is 3. The number of quaternary nitrogens is 1. The number of piperidine rings is 1. The fraction of sp³-hybridized carbons (Fsp3) is 0.450. The zero-order valence-corrected chi connectivity index (χ0v) is 17.1. The Bertz CT molecular complexity index is 1000. The number of carbonyl (C=O) groups is 1. The number of nitrogens with one attached hydrogen (secondary N) is 1. The van der Waals surface area contributed by atoms with Crippen molar-refractivity contribution >= 4 is 22.3 Å². The second-order valence-electron chi connectivity index (χ2n) is 7.45. The molecule has 1 saturated heterocycles. The summed E-state index contributed by atoms with van der Waals surface area (Å²) in [4.78, 5) is 19.2. The molecular weight excluding hydrogens is 376 g/mol. The molecule has 1 aliphatic rings. The third-order valence-corrected chi connectivity index (χ3v) is 6.60. The predicted octanol–water partition coefficient (Wildman–Crippen LogP) is 1.67. The second-order valence-corrected chi connectivity index (χ2v) is 8.46. The molecule has 1 aliphatic heterocycles. The summed E-state index contributed by atoms with van der Waals surface area (Å²) in [5, 5.41) is 15.2. The van der Waals surface area contributed by atoms with Crippen LogP contribution in [0.15, 0.2) is 24.3 Å². The summed E-state index contributed by atoms with van der Waals surface area (Å²) in [5.41, 5.74) is 2.34. The van der Waals surface area contributed by atoms with Crippen LogP contribution in [-0.4, -0.2) is 45.9 Å². The van der Waals surface area contributed by atoms with Crippen LogP contribution in [0.4, 0.5) is 0 Å². The van der Waals surface area contributed by atoms with Crippen molar-refractivity contribution in [1.29, 1.82) is 0 Å². The summed E-state index contributed by atoms with van der Waals surface area (Å²) in [6, 6.07) is 8.39. The Morgan fingerprint density at radius 1 is 1.36 bits per heavy atom. The fourth-order valence-electron chi connectivity index (χ4n) is 4.14. The molecule has 2 N–H and O–H groups in total. The molecule has 28 heavy (non-hydrogen) atoms. The number of benzene rings is 1. The molecule has 0 unspecified atom stereocenters. The van der Waals surface area contributed by atoms with E-state index in [2.05, 4.69) is 41.3 Å². The number of thiazole rings is 1. The van der Waals surface area contributed by atoms with Crippen molar-refractivity contribution in [2.45, 2.75) is 32.7 Å². The number of likely N-dealkylation sites (tertiary alicyclic amines) is 1. The smallest absolute Gasteiger partial charge is 0.309 e. The van der Waals surface area contributed by atoms with E-state index in [0.29, 0.717) is 10.8 Å². The zero-order chi connectivity index (χ0) is 19.8. The van der Waals surface area contributed by atoms with Crippen molar-refractivity contribution in [2.75, 3.05) is 20.2 Å². The van der Waals surface area contributed by atoms with Gasteiger partial charge in [0, 0.05) is 18.4 Å². The fourth-order valence-corrected chi connectivity index (χ4v) is 5.32. The first-order chi connectivity index (χ1) is 13.5. The molecule has 0 radical (unpaired) electrons. The van der Waals surface area contributed by atoms with Gasteiger partial charge in [0.05, 0.1) is 26.1 Å². The topological polar surface area (TPSA) is 81.2 Å². The zero-order valence-electron chi connectivity index (χ0n) is 16.3. The first-order valence-corrected chi connectivity index (χ1v) is 10.3. The van der Waals surface area contributed by atoms with Gasteiger partial charge < -0.3 is 14.7 Å².